The lowest BCUT2D eigenvalue weighted by Crippen LogP contribution is -1.99. The van der Waals surface area contributed by atoms with Crippen LogP contribution in [0.4, 0.5) is 0 Å². The fraction of sp³-hybridized carbons (Fsp3) is 0.308. The van der Waals surface area contributed by atoms with Crippen LogP contribution in [0.25, 0.3) is 0 Å². The summed E-state index contributed by atoms with van der Waals surface area (Å²) in [5, 5.41) is 8.38. The van der Waals surface area contributed by atoms with Crippen molar-refractivity contribution < 1.29 is 14.7 Å². The number of hydrogen-bond donors (Lipinski definition) is 1. The van der Waals surface area contributed by atoms with Crippen molar-refractivity contribution in [3.05, 3.63) is 42.3 Å². The van der Waals surface area contributed by atoms with E-state index in [1.807, 2.05) is 18.2 Å². The maximum absolute atomic E-state index is 11.6. The molecule has 0 fully saturated rings. The van der Waals surface area contributed by atoms with Gasteiger partial charge in [0.1, 0.15) is 0 Å². The first-order valence-corrected chi connectivity index (χ1v) is 5.34. The molecule has 1 rings (SSSR count). The summed E-state index contributed by atoms with van der Waals surface area (Å²) >= 11 is 0. The third-order valence-electron chi connectivity index (χ3n) is 2.27. The second-order valence-electron chi connectivity index (χ2n) is 3.58. The van der Waals surface area contributed by atoms with Crippen LogP contribution in [0, 0.1) is 6.42 Å². The van der Waals surface area contributed by atoms with Gasteiger partial charge in [-0.3, -0.25) is 9.59 Å². The first kappa shape index (κ1) is 12.4. The number of carboxylic acids is 1. The van der Waals surface area contributed by atoms with E-state index in [1.165, 1.54) is 6.42 Å². The fourth-order valence-electron chi connectivity index (χ4n) is 1.42. The number of carboxylic acid groups (broad SMARTS) is 1. The predicted octanol–water partition coefficient (Wildman–Crippen LogP) is 2.72. The normalized spacial score (nSPS) is 10.0. The van der Waals surface area contributed by atoms with Crippen LogP contribution in [0.2, 0.25) is 0 Å². The molecule has 0 saturated carbocycles. The molecule has 1 aromatic carbocycles. The minimum atomic E-state index is -0.894. The molecular formula is C13H15O3. The summed E-state index contributed by atoms with van der Waals surface area (Å²) in [6, 6.07) is 9.15. The Hall–Kier alpha value is -1.64. The Balaban J connectivity index is 2.19. The van der Waals surface area contributed by atoms with Gasteiger partial charge in [-0.05, 0) is 12.8 Å². The second kappa shape index (κ2) is 6.77. The van der Waals surface area contributed by atoms with E-state index < -0.39 is 5.97 Å². The first-order valence-electron chi connectivity index (χ1n) is 5.34. The van der Waals surface area contributed by atoms with E-state index in [0.29, 0.717) is 12.8 Å². The van der Waals surface area contributed by atoms with E-state index in [-0.39, 0.29) is 5.78 Å². The highest BCUT2D eigenvalue weighted by molar-refractivity contribution is 5.95. The third kappa shape index (κ3) is 4.73. The number of unbranched alkanes of at least 4 members (excludes halogenated alkanes) is 2. The Labute approximate surface area is 95.1 Å². The standard InChI is InChI=1S/C13H15O3/c14-12(11-7-3-1-4-8-11)9-5-2-6-10-13(15)16/h1,3-4,7-8,10H,2,5-6,9H2,(H,15,16). The van der Waals surface area contributed by atoms with Crippen molar-refractivity contribution in [3.8, 4) is 0 Å². The first-order chi connectivity index (χ1) is 7.70. The van der Waals surface area contributed by atoms with Gasteiger partial charge in [0.25, 0.3) is 0 Å². The Morgan fingerprint density at radius 3 is 2.44 bits per heavy atom. The van der Waals surface area contributed by atoms with Crippen LogP contribution < -0.4 is 0 Å². The second-order valence-corrected chi connectivity index (χ2v) is 3.58. The average molecular weight is 219 g/mol. The van der Waals surface area contributed by atoms with Gasteiger partial charge in [-0.2, -0.15) is 0 Å². The molecule has 3 heteroatoms. The Bertz CT molecular complexity index is 343. The Morgan fingerprint density at radius 2 is 1.81 bits per heavy atom. The molecule has 0 saturated heterocycles. The number of Topliss-reactive ketones (excluding diaryl/α,β-unsaturated/α-hetero) is 1. The molecule has 0 aliphatic carbocycles. The van der Waals surface area contributed by atoms with E-state index in [9.17, 15) is 9.59 Å². The minimum Gasteiger partial charge on any atom is -0.481 e. The lowest BCUT2D eigenvalue weighted by atomic mass is 10.0. The lowest BCUT2D eigenvalue weighted by Gasteiger charge is -2.00. The Kier molecular flexibility index (Phi) is 5.26. The van der Waals surface area contributed by atoms with Gasteiger partial charge in [-0.25, -0.2) is 0 Å². The van der Waals surface area contributed by atoms with Gasteiger partial charge >= 0.3 is 5.97 Å². The summed E-state index contributed by atoms with van der Waals surface area (Å²) in [7, 11) is 0. The van der Waals surface area contributed by atoms with Gasteiger partial charge in [-0.1, -0.05) is 36.8 Å². The molecule has 0 aliphatic heterocycles. The van der Waals surface area contributed by atoms with E-state index in [4.69, 9.17) is 5.11 Å². The van der Waals surface area contributed by atoms with E-state index in [0.717, 1.165) is 18.4 Å². The molecule has 0 aliphatic rings. The number of rotatable bonds is 7. The SMILES string of the molecule is O=C(O)[CH]CCCCC(=O)c1ccccc1. The monoisotopic (exact) mass is 219 g/mol. The molecule has 85 valence electrons. The zero-order valence-electron chi connectivity index (χ0n) is 9.06. The van der Waals surface area contributed by atoms with E-state index in [2.05, 4.69) is 0 Å². The molecule has 0 atom stereocenters. The molecule has 0 aromatic heterocycles. The number of carbonyl (C=O) groups is 2. The van der Waals surface area contributed by atoms with Crippen LogP contribution in [0.15, 0.2) is 30.3 Å². The summed E-state index contributed by atoms with van der Waals surface area (Å²) in [4.78, 5) is 21.8. The summed E-state index contributed by atoms with van der Waals surface area (Å²) in [6.07, 6.45) is 3.71. The summed E-state index contributed by atoms with van der Waals surface area (Å²) in [5.74, 6) is -0.773. The minimum absolute atomic E-state index is 0.121. The zero-order chi connectivity index (χ0) is 11.8. The van der Waals surface area contributed by atoms with Crippen molar-refractivity contribution >= 4 is 11.8 Å². The average Bonchev–Trinajstić information content (AvgIpc) is 2.29. The van der Waals surface area contributed by atoms with Crippen LogP contribution in [0.1, 0.15) is 36.0 Å². The van der Waals surface area contributed by atoms with Gasteiger partial charge in [0.15, 0.2) is 5.78 Å². The molecule has 1 radical (unpaired) electrons. The van der Waals surface area contributed by atoms with Crippen molar-refractivity contribution in [1.29, 1.82) is 0 Å². The molecule has 1 aromatic rings. The number of benzene rings is 1. The molecule has 0 heterocycles. The quantitative estimate of drug-likeness (QED) is 0.566. The van der Waals surface area contributed by atoms with Gasteiger partial charge < -0.3 is 5.11 Å². The van der Waals surface area contributed by atoms with Crippen LogP contribution in [-0.4, -0.2) is 16.9 Å². The molecule has 1 N–H and O–H groups in total. The molecule has 0 spiro atoms. The summed E-state index contributed by atoms with van der Waals surface area (Å²) in [6.45, 7) is 0. The lowest BCUT2D eigenvalue weighted by molar-refractivity contribution is -0.133. The fourth-order valence-corrected chi connectivity index (χ4v) is 1.42. The van der Waals surface area contributed by atoms with Crippen molar-refractivity contribution in [2.45, 2.75) is 25.7 Å². The highest BCUT2D eigenvalue weighted by atomic mass is 16.4. The van der Waals surface area contributed by atoms with Gasteiger partial charge in [0, 0.05) is 12.0 Å². The highest BCUT2D eigenvalue weighted by Gasteiger charge is 2.04. The van der Waals surface area contributed by atoms with E-state index >= 15 is 0 Å². The van der Waals surface area contributed by atoms with Crippen molar-refractivity contribution in [1.82, 2.24) is 0 Å². The van der Waals surface area contributed by atoms with Gasteiger partial charge in [-0.15, -0.1) is 0 Å². The van der Waals surface area contributed by atoms with Crippen LogP contribution >= 0.6 is 0 Å². The maximum atomic E-state index is 11.6. The van der Waals surface area contributed by atoms with Gasteiger partial charge in [0.2, 0.25) is 0 Å². The van der Waals surface area contributed by atoms with Crippen LogP contribution in [0.3, 0.4) is 0 Å². The van der Waals surface area contributed by atoms with Gasteiger partial charge in [0.05, 0.1) is 6.42 Å². The maximum Gasteiger partial charge on any atom is 0.307 e. The van der Waals surface area contributed by atoms with Crippen LogP contribution in [-0.2, 0) is 4.79 Å². The highest BCUT2D eigenvalue weighted by Crippen LogP contribution is 2.08. The number of carbonyl (C=O) groups excluding carboxylic acids is 1. The number of hydrogen-bond acceptors (Lipinski definition) is 2. The molecule has 0 amide bonds. The van der Waals surface area contributed by atoms with Crippen molar-refractivity contribution in [2.75, 3.05) is 0 Å². The smallest absolute Gasteiger partial charge is 0.307 e. The molecule has 3 nitrogen and oxygen atoms in total. The molecule has 0 unspecified atom stereocenters. The largest absolute Gasteiger partial charge is 0.481 e. The topological polar surface area (TPSA) is 54.4 Å². The van der Waals surface area contributed by atoms with Crippen molar-refractivity contribution in [3.63, 3.8) is 0 Å². The van der Waals surface area contributed by atoms with Crippen LogP contribution in [0.5, 0.6) is 0 Å². The van der Waals surface area contributed by atoms with Crippen molar-refractivity contribution in [2.24, 2.45) is 0 Å². The molecule has 0 bridgehead atoms. The summed E-state index contributed by atoms with van der Waals surface area (Å²) < 4.78 is 0. The predicted molar refractivity (Wildman–Crippen MR) is 61.2 cm³/mol. The third-order valence-corrected chi connectivity index (χ3v) is 2.27. The Morgan fingerprint density at radius 1 is 1.12 bits per heavy atom. The molecular weight excluding hydrogens is 204 g/mol. The van der Waals surface area contributed by atoms with E-state index in [1.54, 1.807) is 12.1 Å². The summed E-state index contributed by atoms with van der Waals surface area (Å²) in [5.41, 5.74) is 0.727. The number of aliphatic carboxylic acids is 1. The number of ketones is 1. The zero-order valence-corrected chi connectivity index (χ0v) is 9.06. The molecule has 16 heavy (non-hydrogen) atoms.